The van der Waals surface area contributed by atoms with Crippen molar-refractivity contribution in [3.8, 4) is 0 Å². The molecule has 1 saturated heterocycles. The second kappa shape index (κ2) is 8.71. The quantitative estimate of drug-likeness (QED) is 0.786. The third kappa shape index (κ3) is 5.58. The molecule has 0 spiro atoms. The SMILES string of the molecule is CC[C@@H](C)NC(=O)[C@@H]1CCCN(S(=O)(=O)Cc2ccc(Cl)c(Cl)c2)C1. The first-order chi connectivity index (χ1) is 11.7. The molecule has 0 radical (unpaired) electrons. The third-order valence-corrected chi connectivity index (χ3v) is 7.04. The summed E-state index contributed by atoms with van der Waals surface area (Å²) in [4.78, 5) is 12.3. The van der Waals surface area contributed by atoms with Gasteiger partial charge in [-0.25, -0.2) is 12.7 Å². The number of hydrogen-bond acceptors (Lipinski definition) is 3. The van der Waals surface area contributed by atoms with E-state index in [1.807, 2.05) is 13.8 Å². The lowest BCUT2D eigenvalue weighted by atomic mass is 9.98. The van der Waals surface area contributed by atoms with Gasteiger partial charge < -0.3 is 5.32 Å². The molecule has 1 aromatic carbocycles. The maximum absolute atomic E-state index is 12.7. The van der Waals surface area contributed by atoms with E-state index in [4.69, 9.17) is 23.2 Å². The Labute approximate surface area is 159 Å². The maximum Gasteiger partial charge on any atom is 0.224 e. The second-order valence-electron chi connectivity index (χ2n) is 6.52. The summed E-state index contributed by atoms with van der Waals surface area (Å²) in [7, 11) is -3.51. The van der Waals surface area contributed by atoms with Crippen LogP contribution in [0.5, 0.6) is 0 Å². The van der Waals surface area contributed by atoms with E-state index in [-0.39, 0.29) is 30.2 Å². The van der Waals surface area contributed by atoms with Crippen LogP contribution >= 0.6 is 23.2 Å². The van der Waals surface area contributed by atoms with Crippen LogP contribution in [-0.4, -0.2) is 37.8 Å². The zero-order chi connectivity index (χ0) is 18.6. The smallest absolute Gasteiger partial charge is 0.224 e. The molecule has 5 nitrogen and oxygen atoms in total. The van der Waals surface area contributed by atoms with E-state index in [1.165, 1.54) is 4.31 Å². The number of sulfonamides is 1. The number of piperidine rings is 1. The van der Waals surface area contributed by atoms with Gasteiger partial charge >= 0.3 is 0 Å². The fraction of sp³-hybridized carbons (Fsp3) is 0.588. The standard InChI is InChI=1S/C17H24Cl2N2O3S/c1-3-12(2)20-17(22)14-5-4-8-21(10-14)25(23,24)11-13-6-7-15(18)16(19)9-13/h6-7,9,12,14H,3-5,8,10-11H2,1-2H3,(H,20,22)/t12-,14-/m1/s1. The van der Waals surface area contributed by atoms with Crippen LogP contribution in [0.4, 0.5) is 0 Å². The van der Waals surface area contributed by atoms with Crippen LogP contribution in [0.25, 0.3) is 0 Å². The summed E-state index contributed by atoms with van der Waals surface area (Å²) in [6, 6.07) is 4.91. The number of rotatable bonds is 6. The molecule has 1 aliphatic rings. The van der Waals surface area contributed by atoms with E-state index in [9.17, 15) is 13.2 Å². The number of nitrogens with one attached hydrogen (secondary N) is 1. The average molecular weight is 407 g/mol. The number of amides is 1. The molecule has 0 saturated carbocycles. The summed E-state index contributed by atoms with van der Waals surface area (Å²) in [5, 5.41) is 3.67. The first kappa shape index (κ1) is 20.5. The lowest BCUT2D eigenvalue weighted by molar-refractivity contribution is -0.126. The first-order valence-corrected chi connectivity index (χ1v) is 10.8. The van der Waals surface area contributed by atoms with E-state index in [0.717, 1.165) is 6.42 Å². The van der Waals surface area contributed by atoms with Gasteiger partial charge in [0.15, 0.2) is 0 Å². The topological polar surface area (TPSA) is 66.5 Å². The minimum absolute atomic E-state index is 0.0659. The van der Waals surface area contributed by atoms with E-state index in [1.54, 1.807) is 18.2 Å². The van der Waals surface area contributed by atoms with Gasteiger partial charge in [-0.15, -0.1) is 0 Å². The lowest BCUT2D eigenvalue weighted by Gasteiger charge is -2.31. The Bertz CT molecular complexity index is 725. The number of nitrogens with zero attached hydrogens (tertiary/aromatic N) is 1. The van der Waals surface area contributed by atoms with E-state index >= 15 is 0 Å². The molecule has 0 aliphatic carbocycles. The number of benzene rings is 1. The zero-order valence-electron chi connectivity index (χ0n) is 14.5. The van der Waals surface area contributed by atoms with Crippen molar-refractivity contribution in [2.75, 3.05) is 13.1 Å². The highest BCUT2D eigenvalue weighted by atomic mass is 35.5. The summed E-state index contributed by atoms with van der Waals surface area (Å²) in [6.45, 7) is 4.61. The van der Waals surface area contributed by atoms with Crippen LogP contribution in [0.15, 0.2) is 18.2 Å². The Morgan fingerprint density at radius 3 is 2.72 bits per heavy atom. The van der Waals surface area contributed by atoms with E-state index < -0.39 is 10.0 Å². The molecule has 1 aliphatic heterocycles. The maximum atomic E-state index is 12.7. The Morgan fingerprint density at radius 2 is 2.08 bits per heavy atom. The third-order valence-electron chi connectivity index (χ3n) is 4.48. The highest BCUT2D eigenvalue weighted by Gasteiger charge is 2.32. The molecule has 1 heterocycles. The summed E-state index contributed by atoms with van der Waals surface area (Å²) >= 11 is 11.8. The van der Waals surface area contributed by atoms with Gasteiger partial charge in [0.1, 0.15) is 0 Å². The van der Waals surface area contributed by atoms with Crippen LogP contribution in [0, 0.1) is 5.92 Å². The van der Waals surface area contributed by atoms with Crippen molar-refractivity contribution in [2.24, 2.45) is 5.92 Å². The average Bonchev–Trinajstić information content (AvgIpc) is 2.58. The van der Waals surface area contributed by atoms with Gasteiger partial charge in [0.2, 0.25) is 15.9 Å². The van der Waals surface area contributed by atoms with Crippen LogP contribution in [0.3, 0.4) is 0 Å². The molecule has 1 fully saturated rings. The summed E-state index contributed by atoms with van der Waals surface area (Å²) in [5.41, 5.74) is 0.584. The molecule has 1 aromatic rings. The lowest BCUT2D eigenvalue weighted by Crippen LogP contribution is -2.47. The Morgan fingerprint density at radius 1 is 1.36 bits per heavy atom. The molecule has 0 aromatic heterocycles. The second-order valence-corrected chi connectivity index (χ2v) is 9.30. The van der Waals surface area contributed by atoms with Gasteiger partial charge in [0.05, 0.1) is 21.7 Å². The Kier molecular flexibility index (Phi) is 7.14. The van der Waals surface area contributed by atoms with Crippen LogP contribution < -0.4 is 5.32 Å². The molecule has 25 heavy (non-hydrogen) atoms. The van der Waals surface area contributed by atoms with Crippen LogP contribution in [-0.2, 0) is 20.6 Å². The number of carbonyl (C=O) groups is 1. The van der Waals surface area contributed by atoms with Gasteiger partial charge in [-0.05, 0) is 43.9 Å². The predicted octanol–water partition coefficient (Wildman–Crippen LogP) is 3.45. The summed E-state index contributed by atoms with van der Waals surface area (Å²) < 4.78 is 26.8. The number of halogens is 2. The molecular weight excluding hydrogens is 383 g/mol. The molecule has 140 valence electrons. The van der Waals surface area contributed by atoms with Crippen LogP contribution in [0.2, 0.25) is 10.0 Å². The zero-order valence-corrected chi connectivity index (χ0v) is 16.8. The largest absolute Gasteiger partial charge is 0.353 e. The van der Waals surface area contributed by atoms with Gasteiger partial charge in [0.25, 0.3) is 0 Å². The molecule has 0 bridgehead atoms. The fourth-order valence-electron chi connectivity index (χ4n) is 2.80. The van der Waals surface area contributed by atoms with Crippen molar-refractivity contribution in [3.63, 3.8) is 0 Å². The molecule has 8 heteroatoms. The summed E-state index contributed by atoms with van der Waals surface area (Å²) in [6.07, 6.45) is 2.23. The minimum Gasteiger partial charge on any atom is -0.353 e. The fourth-order valence-corrected chi connectivity index (χ4v) is 4.72. The molecule has 1 N–H and O–H groups in total. The number of hydrogen-bond donors (Lipinski definition) is 1. The van der Waals surface area contributed by atoms with E-state index in [2.05, 4.69) is 5.32 Å². The molecule has 2 rings (SSSR count). The van der Waals surface area contributed by atoms with Gasteiger partial charge in [-0.2, -0.15) is 0 Å². The highest BCUT2D eigenvalue weighted by molar-refractivity contribution is 7.88. The first-order valence-electron chi connectivity index (χ1n) is 8.45. The molecular formula is C17H24Cl2N2O3S. The van der Waals surface area contributed by atoms with Gasteiger partial charge in [-0.3, -0.25) is 4.79 Å². The normalized spacial score (nSPS) is 20.2. The van der Waals surface area contributed by atoms with Crippen LogP contribution in [0.1, 0.15) is 38.7 Å². The Balaban J connectivity index is 2.05. The van der Waals surface area contributed by atoms with E-state index in [0.29, 0.717) is 35.0 Å². The monoisotopic (exact) mass is 406 g/mol. The van der Waals surface area contributed by atoms with Gasteiger partial charge in [-0.1, -0.05) is 36.2 Å². The minimum atomic E-state index is -3.51. The molecule has 2 atom stereocenters. The van der Waals surface area contributed by atoms with Crippen molar-refractivity contribution >= 4 is 39.1 Å². The van der Waals surface area contributed by atoms with Crippen molar-refractivity contribution in [1.29, 1.82) is 0 Å². The van der Waals surface area contributed by atoms with Gasteiger partial charge in [0, 0.05) is 19.1 Å². The van der Waals surface area contributed by atoms with Crippen molar-refractivity contribution in [1.82, 2.24) is 9.62 Å². The van der Waals surface area contributed by atoms with Crippen molar-refractivity contribution in [2.45, 2.75) is 44.9 Å². The van der Waals surface area contributed by atoms with Crippen molar-refractivity contribution < 1.29 is 13.2 Å². The number of carbonyl (C=O) groups excluding carboxylic acids is 1. The predicted molar refractivity (Wildman–Crippen MR) is 101 cm³/mol. The summed E-state index contributed by atoms with van der Waals surface area (Å²) in [5.74, 6) is -0.515. The Hall–Kier alpha value is -0.820. The molecule has 0 unspecified atom stereocenters. The molecule has 1 amide bonds. The highest BCUT2D eigenvalue weighted by Crippen LogP contribution is 2.26. The van der Waals surface area contributed by atoms with Crippen molar-refractivity contribution in [3.05, 3.63) is 33.8 Å².